The summed E-state index contributed by atoms with van der Waals surface area (Å²) >= 11 is 0. The number of ether oxygens (including phenoxy) is 2. The van der Waals surface area contributed by atoms with Crippen molar-refractivity contribution in [1.29, 1.82) is 0 Å². The van der Waals surface area contributed by atoms with Gasteiger partial charge < -0.3 is 14.0 Å². The SMILES string of the molecule is C[C@@H]1CN(Cc2nc(-c3cccnc3OC3CCCCC3)no2)C[C@H](C)O1. The van der Waals surface area contributed by atoms with Gasteiger partial charge in [-0.05, 0) is 51.7 Å². The second-order valence-corrected chi connectivity index (χ2v) is 7.70. The first kappa shape index (κ1) is 18.4. The van der Waals surface area contributed by atoms with Crippen LogP contribution in [0, 0.1) is 0 Å². The van der Waals surface area contributed by atoms with E-state index in [0.717, 1.165) is 31.5 Å². The van der Waals surface area contributed by atoms with Crippen molar-refractivity contribution in [2.75, 3.05) is 13.1 Å². The lowest BCUT2D eigenvalue weighted by Crippen LogP contribution is -2.44. The molecule has 4 rings (SSSR count). The fourth-order valence-corrected chi connectivity index (χ4v) is 4.03. The number of hydrogen-bond acceptors (Lipinski definition) is 7. The molecule has 2 aromatic heterocycles. The van der Waals surface area contributed by atoms with Crippen molar-refractivity contribution in [3.63, 3.8) is 0 Å². The Labute approximate surface area is 160 Å². The van der Waals surface area contributed by atoms with E-state index in [1.807, 2.05) is 12.1 Å². The van der Waals surface area contributed by atoms with Gasteiger partial charge in [-0.1, -0.05) is 11.6 Å². The van der Waals surface area contributed by atoms with Gasteiger partial charge in [0.15, 0.2) is 0 Å². The molecule has 3 heterocycles. The Morgan fingerprint density at radius 2 is 1.93 bits per heavy atom. The summed E-state index contributed by atoms with van der Waals surface area (Å²) in [6, 6.07) is 3.82. The number of hydrogen-bond donors (Lipinski definition) is 0. The maximum atomic E-state index is 6.17. The zero-order valence-electron chi connectivity index (χ0n) is 16.1. The number of morpholine rings is 1. The molecule has 2 aliphatic rings. The predicted octanol–water partition coefficient (Wildman–Crippen LogP) is 3.45. The van der Waals surface area contributed by atoms with E-state index in [1.165, 1.54) is 19.3 Å². The lowest BCUT2D eigenvalue weighted by Gasteiger charge is -2.34. The molecule has 1 saturated carbocycles. The Hall–Kier alpha value is -1.99. The van der Waals surface area contributed by atoms with E-state index in [-0.39, 0.29) is 18.3 Å². The topological polar surface area (TPSA) is 73.5 Å². The average Bonchev–Trinajstić information content (AvgIpc) is 3.10. The highest BCUT2D eigenvalue weighted by Gasteiger charge is 2.25. The van der Waals surface area contributed by atoms with Gasteiger partial charge in [-0.15, -0.1) is 0 Å². The van der Waals surface area contributed by atoms with E-state index >= 15 is 0 Å². The minimum atomic E-state index is 0.213. The molecule has 27 heavy (non-hydrogen) atoms. The quantitative estimate of drug-likeness (QED) is 0.796. The number of rotatable bonds is 5. The van der Waals surface area contributed by atoms with E-state index in [9.17, 15) is 0 Å². The first-order valence-corrected chi connectivity index (χ1v) is 10.00. The third-order valence-electron chi connectivity index (χ3n) is 5.16. The first-order chi connectivity index (χ1) is 13.2. The van der Waals surface area contributed by atoms with Crippen molar-refractivity contribution in [2.24, 2.45) is 0 Å². The van der Waals surface area contributed by atoms with Crippen molar-refractivity contribution in [1.82, 2.24) is 20.0 Å². The number of nitrogens with zero attached hydrogens (tertiary/aromatic N) is 4. The maximum absolute atomic E-state index is 6.17. The summed E-state index contributed by atoms with van der Waals surface area (Å²) in [4.78, 5) is 11.3. The third kappa shape index (κ3) is 4.65. The average molecular weight is 372 g/mol. The van der Waals surface area contributed by atoms with Crippen LogP contribution in [-0.4, -0.2) is 51.4 Å². The summed E-state index contributed by atoms with van der Waals surface area (Å²) in [6.45, 7) is 6.54. The third-order valence-corrected chi connectivity index (χ3v) is 5.16. The zero-order chi connectivity index (χ0) is 18.6. The summed E-state index contributed by atoms with van der Waals surface area (Å²) in [5, 5.41) is 4.18. The largest absolute Gasteiger partial charge is 0.474 e. The summed E-state index contributed by atoms with van der Waals surface area (Å²) in [5.41, 5.74) is 0.793. The predicted molar refractivity (Wildman–Crippen MR) is 100 cm³/mol. The van der Waals surface area contributed by atoms with E-state index < -0.39 is 0 Å². The van der Waals surface area contributed by atoms with Crippen molar-refractivity contribution in [3.05, 3.63) is 24.2 Å². The van der Waals surface area contributed by atoms with Crippen LogP contribution in [0.2, 0.25) is 0 Å². The smallest absolute Gasteiger partial charge is 0.241 e. The van der Waals surface area contributed by atoms with E-state index in [1.54, 1.807) is 6.20 Å². The van der Waals surface area contributed by atoms with Crippen molar-refractivity contribution >= 4 is 0 Å². The molecule has 0 bridgehead atoms. The van der Waals surface area contributed by atoms with Crippen LogP contribution in [0.5, 0.6) is 5.88 Å². The normalized spacial score (nSPS) is 24.8. The van der Waals surface area contributed by atoms with Gasteiger partial charge in [-0.3, -0.25) is 4.90 Å². The Kier molecular flexibility index (Phi) is 5.69. The van der Waals surface area contributed by atoms with Gasteiger partial charge in [0.05, 0.1) is 24.3 Å². The van der Waals surface area contributed by atoms with Gasteiger partial charge in [-0.2, -0.15) is 4.98 Å². The molecule has 2 atom stereocenters. The molecular weight excluding hydrogens is 344 g/mol. The van der Waals surface area contributed by atoms with Gasteiger partial charge in [0, 0.05) is 19.3 Å². The second kappa shape index (κ2) is 8.35. The van der Waals surface area contributed by atoms with Gasteiger partial charge in [0.2, 0.25) is 17.6 Å². The Morgan fingerprint density at radius 3 is 2.70 bits per heavy atom. The molecule has 146 valence electrons. The van der Waals surface area contributed by atoms with Crippen LogP contribution in [0.25, 0.3) is 11.4 Å². The standard InChI is InChI=1S/C20H28N4O3/c1-14-11-24(12-15(2)25-14)13-18-22-19(23-27-18)17-9-6-10-21-20(17)26-16-7-4-3-5-8-16/h6,9-10,14-16H,3-5,7-8,11-13H2,1-2H3/t14-,15+. The molecular formula is C20H28N4O3. The van der Waals surface area contributed by atoms with Crippen LogP contribution in [0.15, 0.2) is 22.9 Å². The summed E-state index contributed by atoms with van der Waals surface area (Å²) in [6.07, 6.45) is 8.30. The molecule has 0 aromatic carbocycles. The molecule has 0 N–H and O–H groups in total. The van der Waals surface area contributed by atoms with Crippen LogP contribution in [0.3, 0.4) is 0 Å². The highest BCUT2D eigenvalue weighted by atomic mass is 16.5. The molecule has 0 spiro atoms. The number of pyridine rings is 1. The summed E-state index contributed by atoms with van der Waals surface area (Å²) in [7, 11) is 0. The fourth-order valence-electron chi connectivity index (χ4n) is 4.03. The highest BCUT2D eigenvalue weighted by Crippen LogP contribution is 2.29. The monoisotopic (exact) mass is 372 g/mol. The minimum Gasteiger partial charge on any atom is -0.474 e. The van der Waals surface area contributed by atoms with Crippen LogP contribution >= 0.6 is 0 Å². The molecule has 0 radical (unpaired) electrons. The Morgan fingerprint density at radius 1 is 1.15 bits per heavy atom. The lowest BCUT2D eigenvalue weighted by atomic mass is 9.98. The highest BCUT2D eigenvalue weighted by molar-refractivity contribution is 5.60. The fraction of sp³-hybridized carbons (Fsp3) is 0.650. The molecule has 1 aliphatic carbocycles. The van der Waals surface area contributed by atoms with E-state index in [2.05, 4.69) is 33.9 Å². The molecule has 7 nitrogen and oxygen atoms in total. The minimum absolute atomic E-state index is 0.213. The van der Waals surface area contributed by atoms with Crippen molar-refractivity contribution < 1.29 is 14.0 Å². The first-order valence-electron chi connectivity index (χ1n) is 10.00. The number of aromatic nitrogens is 3. The maximum Gasteiger partial charge on any atom is 0.241 e. The van der Waals surface area contributed by atoms with Gasteiger partial charge >= 0.3 is 0 Å². The van der Waals surface area contributed by atoms with Crippen molar-refractivity contribution in [2.45, 2.75) is 70.8 Å². The van der Waals surface area contributed by atoms with Crippen LogP contribution < -0.4 is 4.74 Å². The molecule has 1 aliphatic heterocycles. The molecule has 1 saturated heterocycles. The van der Waals surface area contributed by atoms with E-state index in [4.69, 9.17) is 14.0 Å². The molecule has 7 heteroatoms. The van der Waals surface area contributed by atoms with Crippen LogP contribution in [-0.2, 0) is 11.3 Å². The molecule has 0 unspecified atom stereocenters. The van der Waals surface area contributed by atoms with Crippen LogP contribution in [0.1, 0.15) is 51.8 Å². The van der Waals surface area contributed by atoms with E-state index in [0.29, 0.717) is 24.1 Å². The second-order valence-electron chi connectivity index (χ2n) is 7.70. The molecule has 2 aromatic rings. The molecule has 2 fully saturated rings. The van der Waals surface area contributed by atoms with Crippen molar-refractivity contribution in [3.8, 4) is 17.3 Å². The summed E-state index contributed by atoms with van der Waals surface area (Å²) < 4.78 is 17.5. The Balaban J connectivity index is 1.46. The molecule has 0 amide bonds. The lowest BCUT2D eigenvalue weighted by molar-refractivity contribution is -0.0725. The van der Waals surface area contributed by atoms with Gasteiger partial charge in [0.25, 0.3) is 0 Å². The van der Waals surface area contributed by atoms with Gasteiger partial charge in [-0.25, -0.2) is 4.98 Å². The van der Waals surface area contributed by atoms with Crippen LogP contribution in [0.4, 0.5) is 0 Å². The van der Waals surface area contributed by atoms with Gasteiger partial charge in [0.1, 0.15) is 6.10 Å². The summed E-state index contributed by atoms with van der Waals surface area (Å²) in [5.74, 6) is 1.75. The zero-order valence-corrected chi connectivity index (χ0v) is 16.1. The Bertz CT molecular complexity index is 734.